The summed E-state index contributed by atoms with van der Waals surface area (Å²) in [5.41, 5.74) is 0. The monoisotopic (exact) mass is 184 g/mol. The Morgan fingerprint density at radius 2 is 2.31 bits per heavy atom. The maximum atomic E-state index is 11.4. The van der Waals surface area contributed by atoms with Crippen molar-refractivity contribution in [1.82, 2.24) is 10.6 Å². The number of amides is 1. The second-order valence-corrected chi connectivity index (χ2v) is 3.91. The standard InChI is InChI=1S/C10H20N2O/c1-3-4-5-8(2)12-10(13)9-6-11-7-9/h8-9,11H,3-7H2,1-2H3,(H,12,13). The first-order chi connectivity index (χ1) is 6.24. The van der Waals surface area contributed by atoms with Gasteiger partial charge in [0.15, 0.2) is 0 Å². The lowest BCUT2D eigenvalue weighted by atomic mass is 10.0. The number of carbonyl (C=O) groups excluding carboxylic acids is 1. The second-order valence-electron chi connectivity index (χ2n) is 3.91. The summed E-state index contributed by atoms with van der Waals surface area (Å²) in [7, 11) is 0. The number of hydrogen-bond acceptors (Lipinski definition) is 2. The summed E-state index contributed by atoms with van der Waals surface area (Å²) in [5.74, 6) is 0.450. The van der Waals surface area contributed by atoms with Crippen molar-refractivity contribution >= 4 is 5.91 Å². The van der Waals surface area contributed by atoms with Gasteiger partial charge in [-0.25, -0.2) is 0 Å². The SMILES string of the molecule is CCCCC(C)NC(=O)C1CNC1. The molecule has 1 fully saturated rings. The minimum atomic E-state index is 0.224. The topological polar surface area (TPSA) is 41.1 Å². The Bertz CT molecular complexity index is 166. The van der Waals surface area contributed by atoms with Gasteiger partial charge in [-0.3, -0.25) is 4.79 Å². The van der Waals surface area contributed by atoms with Crippen molar-refractivity contribution in [3.8, 4) is 0 Å². The predicted octanol–water partition coefficient (Wildman–Crippen LogP) is 0.901. The Kier molecular flexibility index (Phi) is 4.22. The van der Waals surface area contributed by atoms with Crippen molar-refractivity contribution in [2.24, 2.45) is 5.92 Å². The second kappa shape index (κ2) is 5.22. The van der Waals surface area contributed by atoms with E-state index in [9.17, 15) is 4.79 Å². The normalized spacial score (nSPS) is 19.2. The van der Waals surface area contributed by atoms with Crippen LogP contribution in [0.4, 0.5) is 0 Å². The zero-order valence-electron chi connectivity index (χ0n) is 8.60. The van der Waals surface area contributed by atoms with Crippen LogP contribution in [0.15, 0.2) is 0 Å². The van der Waals surface area contributed by atoms with E-state index in [0.717, 1.165) is 19.5 Å². The summed E-state index contributed by atoms with van der Waals surface area (Å²) >= 11 is 0. The third kappa shape index (κ3) is 3.35. The highest BCUT2D eigenvalue weighted by Gasteiger charge is 2.25. The molecule has 0 radical (unpaired) electrons. The number of nitrogens with one attached hydrogen (secondary N) is 2. The van der Waals surface area contributed by atoms with Crippen molar-refractivity contribution in [3.05, 3.63) is 0 Å². The molecule has 1 rings (SSSR count). The van der Waals surface area contributed by atoms with E-state index < -0.39 is 0 Å². The summed E-state index contributed by atoms with van der Waals surface area (Å²) in [6, 6.07) is 0.341. The molecular formula is C10H20N2O. The van der Waals surface area contributed by atoms with Crippen molar-refractivity contribution in [2.75, 3.05) is 13.1 Å². The number of unbranched alkanes of at least 4 members (excludes halogenated alkanes) is 1. The van der Waals surface area contributed by atoms with Gasteiger partial charge in [-0.1, -0.05) is 19.8 Å². The van der Waals surface area contributed by atoms with Crippen LogP contribution >= 0.6 is 0 Å². The number of rotatable bonds is 5. The molecule has 0 saturated carbocycles. The van der Waals surface area contributed by atoms with E-state index in [1.54, 1.807) is 0 Å². The molecule has 1 saturated heterocycles. The molecule has 0 aromatic heterocycles. The minimum absolute atomic E-state index is 0.224. The number of hydrogen-bond donors (Lipinski definition) is 2. The lowest BCUT2D eigenvalue weighted by Gasteiger charge is -2.27. The van der Waals surface area contributed by atoms with E-state index in [1.807, 2.05) is 0 Å². The van der Waals surface area contributed by atoms with Crippen LogP contribution in [0.3, 0.4) is 0 Å². The summed E-state index contributed by atoms with van der Waals surface area (Å²) < 4.78 is 0. The molecule has 0 aromatic rings. The molecule has 0 aromatic carbocycles. The van der Waals surface area contributed by atoms with Gasteiger partial charge in [-0.05, 0) is 13.3 Å². The molecule has 3 heteroatoms. The van der Waals surface area contributed by atoms with E-state index in [2.05, 4.69) is 24.5 Å². The lowest BCUT2D eigenvalue weighted by molar-refractivity contribution is -0.127. The molecule has 0 bridgehead atoms. The van der Waals surface area contributed by atoms with Gasteiger partial charge in [-0.15, -0.1) is 0 Å². The smallest absolute Gasteiger partial charge is 0.225 e. The minimum Gasteiger partial charge on any atom is -0.353 e. The van der Waals surface area contributed by atoms with Crippen LogP contribution in [0.5, 0.6) is 0 Å². The molecule has 3 nitrogen and oxygen atoms in total. The average molecular weight is 184 g/mol. The fraction of sp³-hybridized carbons (Fsp3) is 0.900. The van der Waals surface area contributed by atoms with Crippen LogP contribution in [0, 0.1) is 5.92 Å². The van der Waals surface area contributed by atoms with Crippen LogP contribution in [0.1, 0.15) is 33.1 Å². The fourth-order valence-electron chi connectivity index (χ4n) is 1.42. The van der Waals surface area contributed by atoms with Crippen molar-refractivity contribution < 1.29 is 4.79 Å². The highest BCUT2D eigenvalue weighted by atomic mass is 16.2. The Morgan fingerprint density at radius 3 is 2.77 bits per heavy atom. The average Bonchev–Trinajstić information content (AvgIpc) is 1.97. The third-order valence-corrected chi connectivity index (χ3v) is 2.53. The van der Waals surface area contributed by atoms with Gasteiger partial charge in [-0.2, -0.15) is 0 Å². The van der Waals surface area contributed by atoms with Crippen LogP contribution in [-0.2, 0) is 4.79 Å². The van der Waals surface area contributed by atoms with Gasteiger partial charge >= 0.3 is 0 Å². The van der Waals surface area contributed by atoms with Gasteiger partial charge in [0.25, 0.3) is 0 Å². The van der Waals surface area contributed by atoms with Gasteiger partial charge in [0.05, 0.1) is 5.92 Å². The summed E-state index contributed by atoms with van der Waals surface area (Å²) in [6.07, 6.45) is 3.50. The maximum Gasteiger partial charge on any atom is 0.225 e. The molecule has 1 aliphatic heterocycles. The van der Waals surface area contributed by atoms with Crippen molar-refractivity contribution in [1.29, 1.82) is 0 Å². The summed E-state index contributed by atoms with van der Waals surface area (Å²) in [5, 5.41) is 6.14. The Labute approximate surface area is 80.3 Å². The molecular weight excluding hydrogens is 164 g/mol. The molecule has 2 N–H and O–H groups in total. The van der Waals surface area contributed by atoms with Gasteiger partial charge < -0.3 is 10.6 Å². The van der Waals surface area contributed by atoms with Crippen LogP contribution in [-0.4, -0.2) is 25.0 Å². The zero-order valence-corrected chi connectivity index (χ0v) is 8.60. The van der Waals surface area contributed by atoms with E-state index in [-0.39, 0.29) is 11.8 Å². The summed E-state index contributed by atoms with van der Waals surface area (Å²) in [6.45, 7) is 5.96. The predicted molar refractivity (Wildman–Crippen MR) is 53.5 cm³/mol. The molecule has 0 aliphatic carbocycles. The van der Waals surface area contributed by atoms with Crippen molar-refractivity contribution in [3.63, 3.8) is 0 Å². The highest BCUT2D eigenvalue weighted by Crippen LogP contribution is 2.05. The first kappa shape index (κ1) is 10.5. The molecule has 1 atom stereocenters. The van der Waals surface area contributed by atoms with Crippen LogP contribution < -0.4 is 10.6 Å². The molecule has 0 spiro atoms. The Hall–Kier alpha value is -0.570. The van der Waals surface area contributed by atoms with E-state index in [4.69, 9.17) is 0 Å². The zero-order chi connectivity index (χ0) is 9.68. The Balaban J connectivity index is 2.11. The van der Waals surface area contributed by atoms with Gasteiger partial charge in [0, 0.05) is 19.1 Å². The first-order valence-electron chi connectivity index (χ1n) is 5.25. The van der Waals surface area contributed by atoms with E-state index in [0.29, 0.717) is 6.04 Å². The first-order valence-corrected chi connectivity index (χ1v) is 5.25. The van der Waals surface area contributed by atoms with E-state index in [1.165, 1.54) is 12.8 Å². The van der Waals surface area contributed by atoms with Gasteiger partial charge in [0.1, 0.15) is 0 Å². The molecule has 13 heavy (non-hydrogen) atoms. The molecule has 1 unspecified atom stereocenters. The molecule has 1 aliphatic rings. The largest absolute Gasteiger partial charge is 0.353 e. The quantitative estimate of drug-likeness (QED) is 0.666. The molecule has 1 amide bonds. The maximum absolute atomic E-state index is 11.4. The summed E-state index contributed by atoms with van der Waals surface area (Å²) in [4.78, 5) is 11.4. The fourth-order valence-corrected chi connectivity index (χ4v) is 1.42. The van der Waals surface area contributed by atoms with Crippen LogP contribution in [0.25, 0.3) is 0 Å². The third-order valence-electron chi connectivity index (χ3n) is 2.53. The highest BCUT2D eigenvalue weighted by molar-refractivity contribution is 5.80. The van der Waals surface area contributed by atoms with Crippen LogP contribution in [0.2, 0.25) is 0 Å². The molecule has 76 valence electrons. The molecule has 1 heterocycles. The Morgan fingerprint density at radius 1 is 1.62 bits per heavy atom. The number of carbonyl (C=O) groups is 1. The van der Waals surface area contributed by atoms with Gasteiger partial charge in [0.2, 0.25) is 5.91 Å². The van der Waals surface area contributed by atoms with Crippen molar-refractivity contribution in [2.45, 2.75) is 39.2 Å². The van der Waals surface area contributed by atoms with E-state index >= 15 is 0 Å². The lowest BCUT2D eigenvalue weighted by Crippen LogP contribution is -2.52.